The largest absolute Gasteiger partial charge is 0.425 e. The first-order chi connectivity index (χ1) is 15.4. The first-order valence-corrected chi connectivity index (χ1v) is 10.7. The van der Waals surface area contributed by atoms with Crippen LogP contribution >= 0.6 is 0 Å². The Morgan fingerprint density at radius 1 is 1.18 bits per heavy atom. The van der Waals surface area contributed by atoms with Gasteiger partial charge in [0.25, 0.3) is 11.8 Å². The van der Waals surface area contributed by atoms with Gasteiger partial charge in [0.05, 0.1) is 18.2 Å². The van der Waals surface area contributed by atoms with Crippen molar-refractivity contribution in [2.45, 2.75) is 57.3 Å². The Balaban J connectivity index is 1.83. The van der Waals surface area contributed by atoms with E-state index in [2.05, 4.69) is 0 Å². The number of nitrogens with zero attached hydrogens (tertiary/aromatic N) is 1. The number of alkyl halides is 3. The van der Waals surface area contributed by atoms with Crippen molar-refractivity contribution < 1.29 is 36.7 Å². The van der Waals surface area contributed by atoms with Crippen molar-refractivity contribution in [3.63, 3.8) is 0 Å². The maximum Gasteiger partial charge on any atom is 0.425 e. The smallest absolute Gasteiger partial charge is 0.376 e. The quantitative estimate of drug-likeness (QED) is 0.687. The van der Waals surface area contributed by atoms with Gasteiger partial charge in [-0.3, -0.25) is 14.4 Å². The van der Waals surface area contributed by atoms with Crippen LogP contribution in [0, 0.1) is 11.2 Å². The van der Waals surface area contributed by atoms with E-state index in [1.807, 2.05) is 5.32 Å². The summed E-state index contributed by atoms with van der Waals surface area (Å²) in [5.74, 6) is -4.16. The van der Waals surface area contributed by atoms with E-state index >= 15 is 0 Å². The van der Waals surface area contributed by atoms with Crippen molar-refractivity contribution in [2.75, 3.05) is 13.2 Å². The highest BCUT2D eigenvalue weighted by Gasteiger charge is 2.71. The number of nitrogens with one attached hydrogen (secondary N) is 1. The number of carbonyl (C=O) groups is 3. The van der Waals surface area contributed by atoms with Crippen molar-refractivity contribution in [3.05, 3.63) is 46.9 Å². The molecule has 2 heterocycles. The van der Waals surface area contributed by atoms with E-state index in [4.69, 9.17) is 4.74 Å². The van der Waals surface area contributed by atoms with E-state index in [1.54, 1.807) is 13.8 Å². The number of halogens is 4. The van der Waals surface area contributed by atoms with Gasteiger partial charge >= 0.3 is 6.18 Å². The predicted octanol–water partition coefficient (Wildman–Crippen LogP) is 3.52. The van der Waals surface area contributed by atoms with Gasteiger partial charge in [0, 0.05) is 24.3 Å². The molecule has 0 unspecified atom stereocenters. The van der Waals surface area contributed by atoms with Crippen LogP contribution in [-0.4, -0.2) is 53.5 Å². The van der Waals surface area contributed by atoms with Gasteiger partial charge in [0.1, 0.15) is 5.82 Å². The molecular weight excluding hydrogens is 444 g/mol. The van der Waals surface area contributed by atoms with Gasteiger partial charge in [0.2, 0.25) is 5.54 Å². The number of carbonyl (C=O) groups excluding carboxylic acids is 3. The summed E-state index contributed by atoms with van der Waals surface area (Å²) in [6, 6.07) is 3.88. The Hall–Kier alpha value is -2.75. The third kappa shape index (κ3) is 3.94. The summed E-state index contributed by atoms with van der Waals surface area (Å²) < 4.78 is 62.8. The molecule has 0 aromatic heterocycles. The molecule has 0 saturated carbocycles. The second-order valence-electron chi connectivity index (χ2n) is 9.52. The number of ether oxygens (including phenoxy) is 1. The first kappa shape index (κ1) is 23.4. The lowest BCUT2D eigenvalue weighted by Crippen LogP contribution is -2.66. The molecule has 33 heavy (non-hydrogen) atoms. The maximum absolute atomic E-state index is 14.7. The molecule has 0 radical (unpaired) electrons. The Bertz CT molecular complexity index is 1030. The zero-order valence-corrected chi connectivity index (χ0v) is 18.2. The third-order valence-electron chi connectivity index (χ3n) is 6.36. The molecule has 10 heteroatoms. The van der Waals surface area contributed by atoms with Crippen LogP contribution in [-0.2, 0) is 14.3 Å². The Morgan fingerprint density at radius 3 is 2.42 bits per heavy atom. The minimum atomic E-state index is -5.29. The van der Waals surface area contributed by atoms with E-state index in [-0.39, 0.29) is 30.6 Å². The lowest BCUT2D eigenvalue weighted by molar-refractivity contribution is -0.191. The van der Waals surface area contributed by atoms with Crippen LogP contribution < -0.4 is 5.32 Å². The fourth-order valence-corrected chi connectivity index (χ4v) is 4.85. The number of allylic oxidation sites excluding steroid dienone is 1. The van der Waals surface area contributed by atoms with Gasteiger partial charge < -0.3 is 15.0 Å². The second-order valence-corrected chi connectivity index (χ2v) is 9.52. The molecule has 2 aliphatic heterocycles. The monoisotopic (exact) mass is 468 g/mol. The topological polar surface area (TPSA) is 75.7 Å². The molecule has 1 saturated heterocycles. The molecule has 1 aromatic rings. The highest BCUT2D eigenvalue weighted by molar-refractivity contribution is 6.14. The first-order valence-electron chi connectivity index (χ1n) is 10.7. The SMILES string of the molecule is CC1(C)CC(=O)C2=C(C1)N(C[C@@H]1CCCO1)C(=O)[C@]2(NC(=O)c1ccc(F)cc1)C(F)(F)F. The average Bonchev–Trinajstić information content (AvgIpc) is 3.29. The molecule has 6 nitrogen and oxygen atoms in total. The predicted molar refractivity (Wildman–Crippen MR) is 108 cm³/mol. The molecule has 1 N–H and O–H groups in total. The second kappa shape index (κ2) is 7.93. The molecule has 0 bridgehead atoms. The Labute approximate surface area is 187 Å². The van der Waals surface area contributed by atoms with Crippen LogP contribution in [0.3, 0.4) is 0 Å². The summed E-state index contributed by atoms with van der Waals surface area (Å²) in [7, 11) is 0. The zero-order valence-electron chi connectivity index (χ0n) is 18.2. The van der Waals surface area contributed by atoms with Gasteiger partial charge in [0.15, 0.2) is 5.78 Å². The molecule has 1 aliphatic carbocycles. The lowest BCUT2D eigenvalue weighted by Gasteiger charge is -2.35. The lowest BCUT2D eigenvalue weighted by atomic mass is 9.72. The summed E-state index contributed by atoms with van der Waals surface area (Å²) in [6.45, 7) is 3.79. The van der Waals surface area contributed by atoms with Crippen LogP contribution in [0.15, 0.2) is 35.5 Å². The molecule has 1 fully saturated rings. The molecular formula is C23H24F4N2O4. The molecule has 4 rings (SSSR count). The standard InChI is InChI=1S/C23H24F4N2O4/c1-21(2)10-16-18(17(30)11-21)22(23(25,26)27,20(32)29(16)12-15-4-3-9-33-15)28-19(31)13-5-7-14(24)8-6-13/h5-8,15H,3-4,9-12H2,1-2H3,(H,28,31)/t15-,22-/m0/s1. The minimum absolute atomic E-state index is 0.0199. The number of rotatable bonds is 4. The third-order valence-corrected chi connectivity index (χ3v) is 6.36. The van der Waals surface area contributed by atoms with Crippen LogP contribution in [0.25, 0.3) is 0 Å². The van der Waals surface area contributed by atoms with Gasteiger partial charge in [-0.2, -0.15) is 13.2 Å². The van der Waals surface area contributed by atoms with Crippen LogP contribution in [0.2, 0.25) is 0 Å². The Morgan fingerprint density at radius 2 is 1.85 bits per heavy atom. The molecule has 2 atom stereocenters. The normalized spacial score (nSPS) is 27.2. The van der Waals surface area contributed by atoms with E-state index in [1.165, 1.54) is 0 Å². The van der Waals surface area contributed by atoms with Crippen molar-refractivity contribution in [3.8, 4) is 0 Å². The number of amides is 2. The van der Waals surface area contributed by atoms with E-state index < -0.39 is 52.2 Å². The van der Waals surface area contributed by atoms with Crippen molar-refractivity contribution in [2.24, 2.45) is 5.41 Å². The highest BCUT2D eigenvalue weighted by Crippen LogP contribution is 2.52. The zero-order chi connectivity index (χ0) is 24.2. The summed E-state index contributed by atoms with van der Waals surface area (Å²) >= 11 is 0. The molecule has 178 valence electrons. The summed E-state index contributed by atoms with van der Waals surface area (Å²) in [4.78, 5) is 40.3. The van der Waals surface area contributed by atoms with E-state index in [0.29, 0.717) is 13.0 Å². The van der Waals surface area contributed by atoms with Gasteiger partial charge in [-0.05, 0) is 48.9 Å². The minimum Gasteiger partial charge on any atom is -0.376 e. The maximum atomic E-state index is 14.7. The summed E-state index contributed by atoms with van der Waals surface area (Å²) in [5, 5.41) is 1.83. The number of hydrogen-bond donors (Lipinski definition) is 1. The number of Topliss-reactive ketones (excluding diaryl/α,β-unsaturated/α-hetero) is 1. The number of hydrogen-bond acceptors (Lipinski definition) is 4. The molecule has 2 amide bonds. The van der Waals surface area contributed by atoms with Crippen LogP contribution in [0.1, 0.15) is 49.9 Å². The Kier molecular flexibility index (Phi) is 5.63. The van der Waals surface area contributed by atoms with Crippen LogP contribution in [0.5, 0.6) is 0 Å². The average molecular weight is 468 g/mol. The highest BCUT2D eigenvalue weighted by atomic mass is 19.4. The van der Waals surface area contributed by atoms with E-state index in [9.17, 15) is 31.9 Å². The van der Waals surface area contributed by atoms with Gasteiger partial charge in [-0.15, -0.1) is 0 Å². The van der Waals surface area contributed by atoms with Crippen LogP contribution in [0.4, 0.5) is 17.6 Å². The molecule has 3 aliphatic rings. The number of benzene rings is 1. The number of ketones is 1. The fraction of sp³-hybridized carbons (Fsp3) is 0.522. The summed E-state index contributed by atoms with van der Waals surface area (Å²) in [5.41, 5.74) is -5.19. The van der Waals surface area contributed by atoms with Gasteiger partial charge in [-0.25, -0.2) is 4.39 Å². The fourth-order valence-electron chi connectivity index (χ4n) is 4.85. The van der Waals surface area contributed by atoms with Gasteiger partial charge in [-0.1, -0.05) is 13.8 Å². The molecule has 0 spiro atoms. The van der Waals surface area contributed by atoms with Crippen molar-refractivity contribution >= 4 is 17.6 Å². The van der Waals surface area contributed by atoms with Crippen molar-refractivity contribution in [1.82, 2.24) is 10.2 Å². The van der Waals surface area contributed by atoms with E-state index in [0.717, 1.165) is 35.6 Å². The summed E-state index contributed by atoms with van der Waals surface area (Å²) in [6.07, 6.45) is -4.59. The molecule has 1 aromatic carbocycles. The van der Waals surface area contributed by atoms with Crippen molar-refractivity contribution in [1.29, 1.82) is 0 Å².